The van der Waals surface area contributed by atoms with Crippen molar-refractivity contribution in [2.45, 2.75) is 38.3 Å². The second-order valence-electron chi connectivity index (χ2n) is 5.32. The van der Waals surface area contributed by atoms with E-state index < -0.39 is 0 Å². The van der Waals surface area contributed by atoms with Gasteiger partial charge in [-0.25, -0.2) is 0 Å². The van der Waals surface area contributed by atoms with Crippen LogP contribution in [0.1, 0.15) is 24.6 Å². The molecule has 2 unspecified atom stereocenters. The van der Waals surface area contributed by atoms with Crippen molar-refractivity contribution >= 4 is 10.9 Å². The van der Waals surface area contributed by atoms with Crippen LogP contribution >= 0.6 is 0 Å². The smallest absolute Gasteiger partial charge is 0.0636 e. The van der Waals surface area contributed by atoms with Crippen molar-refractivity contribution in [2.75, 3.05) is 6.54 Å². The molecule has 0 aliphatic heterocycles. The molecule has 2 aromatic rings. The predicted molar refractivity (Wildman–Crippen MR) is 73.8 cm³/mol. The summed E-state index contributed by atoms with van der Waals surface area (Å²) in [5, 5.41) is 14.2. The summed E-state index contributed by atoms with van der Waals surface area (Å²) in [7, 11) is 0. The van der Waals surface area contributed by atoms with Crippen LogP contribution in [0.2, 0.25) is 0 Å². The van der Waals surface area contributed by atoms with Crippen molar-refractivity contribution in [3.63, 3.8) is 0 Å². The normalized spacial score (nSPS) is 20.9. The summed E-state index contributed by atoms with van der Waals surface area (Å²) in [6, 6.07) is 9.01. The summed E-state index contributed by atoms with van der Waals surface area (Å²) in [6.07, 6.45) is 3.04. The highest BCUT2D eigenvalue weighted by atomic mass is 16.3. The minimum absolute atomic E-state index is 0.269. The molecule has 3 N–H and O–H groups in total. The summed E-state index contributed by atoms with van der Waals surface area (Å²) >= 11 is 0. The maximum absolute atomic E-state index is 9.34. The van der Waals surface area contributed by atoms with Gasteiger partial charge in [0.15, 0.2) is 0 Å². The number of benzene rings is 1. The van der Waals surface area contributed by atoms with Gasteiger partial charge in [0.1, 0.15) is 0 Å². The molecule has 0 saturated carbocycles. The molecule has 1 aliphatic rings. The maximum atomic E-state index is 9.34. The zero-order chi connectivity index (χ0) is 12.5. The van der Waals surface area contributed by atoms with E-state index in [2.05, 4.69) is 34.6 Å². The number of nitrogens with one attached hydrogen (secondary N) is 2. The molecule has 1 aromatic heterocycles. The number of aliphatic hydroxyl groups excluding tert-OH is 1. The van der Waals surface area contributed by atoms with Crippen LogP contribution in [-0.4, -0.2) is 28.8 Å². The van der Waals surface area contributed by atoms with E-state index in [0.717, 1.165) is 19.3 Å². The molecule has 3 rings (SSSR count). The monoisotopic (exact) mass is 244 g/mol. The highest BCUT2D eigenvalue weighted by Crippen LogP contribution is 2.28. The molecule has 3 heteroatoms. The Labute approximate surface area is 107 Å². The number of aliphatic hydroxyl groups is 1. The third-order valence-electron chi connectivity index (χ3n) is 3.80. The SMILES string of the molecule is CC(O)CNC1CCc2[nH]c3ccccc3c2C1. The van der Waals surface area contributed by atoms with Crippen molar-refractivity contribution in [3.05, 3.63) is 35.5 Å². The molecule has 0 spiro atoms. The topological polar surface area (TPSA) is 48.0 Å². The number of H-pyrrole nitrogens is 1. The molecule has 96 valence electrons. The third kappa shape index (κ3) is 2.16. The highest BCUT2D eigenvalue weighted by Gasteiger charge is 2.21. The first-order valence-corrected chi connectivity index (χ1v) is 6.74. The van der Waals surface area contributed by atoms with Crippen LogP contribution in [0.3, 0.4) is 0 Å². The van der Waals surface area contributed by atoms with Crippen LogP contribution in [-0.2, 0) is 12.8 Å². The lowest BCUT2D eigenvalue weighted by molar-refractivity contribution is 0.184. The Morgan fingerprint density at radius 3 is 3.11 bits per heavy atom. The van der Waals surface area contributed by atoms with Gasteiger partial charge in [0.25, 0.3) is 0 Å². The Balaban J connectivity index is 1.83. The summed E-state index contributed by atoms with van der Waals surface area (Å²) in [5.74, 6) is 0. The molecule has 2 atom stereocenters. The van der Waals surface area contributed by atoms with Crippen LogP contribution in [0.15, 0.2) is 24.3 Å². The molecule has 1 aromatic carbocycles. The van der Waals surface area contributed by atoms with Crippen molar-refractivity contribution in [2.24, 2.45) is 0 Å². The molecule has 0 bridgehead atoms. The van der Waals surface area contributed by atoms with Gasteiger partial charge in [0.05, 0.1) is 6.10 Å². The maximum Gasteiger partial charge on any atom is 0.0636 e. The van der Waals surface area contributed by atoms with Crippen LogP contribution < -0.4 is 5.32 Å². The van der Waals surface area contributed by atoms with Crippen molar-refractivity contribution < 1.29 is 5.11 Å². The Bertz CT molecular complexity index is 544. The largest absolute Gasteiger partial charge is 0.392 e. The molecule has 1 aliphatic carbocycles. The van der Waals surface area contributed by atoms with Crippen molar-refractivity contribution in [1.82, 2.24) is 10.3 Å². The van der Waals surface area contributed by atoms with E-state index in [1.807, 2.05) is 6.92 Å². The lowest BCUT2D eigenvalue weighted by Crippen LogP contribution is -2.38. The average Bonchev–Trinajstić information content (AvgIpc) is 2.74. The Kier molecular flexibility index (Phi) is 3.10. The van der Waals surface area contributed by atoms with Crippen molar-refractivity contribution in [1.29, 1.82) is 0 Å². The summed E-state index contributed by atoms with van der Waals surface area (Å²) in [4.78, 5) is 3.52. The Morgan fingerprint density at radius 2 is 2.28 bits per heavy atom. The fourth-order valence-electron chi connectivity index (χ4n) is 2.88. The lowest BCUT2D eigenvalue weighted by Gasteiger charge is -2.24. The lowest BCUT2D eigenvalue weighted by atomic mass is 9.91. The third-order valence-corrected chi connectivity index (χ3v) is 3.80. The average molecular weight is 244 g/mol. The summed E-state index contributed by atoms with van der Waals surface area (Å²) < 4.78 is 0. The van der Waals surface area contributed by atoms with E-state index >= 15 is 0 Å². The quantitative estimate of drug-likeness (QED) is 0.773. The number of hydrogen-bond donors (Lipinski definition) is 3. The van der Waals surface area contributed by atoms with Gasteiger partial charge in [-0.2, -0.15) is 0 Å². The molecule has 0 radical (unpaired) electrons. The number of aryl methyl sites for hydroxylation is 1. The van der Waals surface area contributed by atoms with Crippen molar-refractivity contribution in [3.8, 4) is 0 Å². The Morgan fingerprint density at radius 1 is 1.44 bits per heavy atom. The highest BCUT2D eigenvalue weighted by molar-refractivity contribution is 5.84. The summed E-state index contributed by atoms with van der Waals surface area (Å²) in [6.45, 7) is 2.51. The van der Waals surface area contributed by atoms with Crippen LogP contribution in [0.25, 0.3) is 10.9 Å². The zero-order valence-electron chi connectivity index (χ0n) is 10.7. The van der Waals surface area contributed by atoms with Gasteiger partial charge in [0, 0.05) is 29.2 Å². The van der Waals surface area contributed by atoms with Crippen LogP contribution in [0, 0.1) is 0 Å². The zero-order valence-corrected chi connectivity index (χ0v) is 10.7. The van der Waals surface area contributed by atoms with Gasteiger partial charge in [-0.3, -0.25) is 0 Å². The van der Waals surface area contributed by atoms with E-state index in [-0.39, 0.29) is 6.10 Å². The molecular formula is C15H20N2O. The molecule has 1 heterocycles. The molecular weight excluding hydrogens is 224 g/mol. The second-order valence-corrected chi connectivity index (χ2v) is 5.32. The number of hydrogen-bond acceptors (Lipinski definition) is 2. The minimum Gasteiger partial charge on any atom is -0.392 e. The first-order valence-electron chi connectivity index (χ1n) is 6.74. The molecule has 0 fully saturated rings. The van der Waals surface area contributed by atoms with Gasteiger partial charge in [-0.15, -0.1) is 0 Å². The van der Waals surface area contributed by atoms with Gasteiger partial charge in [-0.1, -0.05) is 18.2 Å². The molecule has 18 heavy (non-hydrogen) atoms. The van der Waals surface area contributed by atoms with Gasteiger partial charge in [-0.05, 0) is 37.8 Å². The van der Waals surface area contributed by atoms with E-state index in [9.17, 15) is 5.11 Å². The predicted octanol–water partition coefficient (Wildman–Crippen LogP) is 2.00. The number of rotatable bonds is 3. The minimum atomic E-state index is -0.269. The van der Waals surface area contributed by atoms with Gasteiger partial charge in [0.2, 0.25) is 0 Å². The van der Waals surface area contributed by atoms with E-state index in [4.69, 9.17) is 0 Å². The van der Waals surface area contributed by atoms with E-state index in [1.54, 1.807) is 0 Å². The Hall–Kier alpha value is -1.32. The van der Waals surface area contributed by atoms with Crippen LogP contribution in [0.5, 0.6) is 0 Å². The first kappa shape index (κ1) is 11.8. The second kappa shape index (κ2) is 4.75. The number of aromatic nitrogens is 1. The van der Waals surface area contributed by atoms with E-state index in [0.29, 0.717) is 12.6 Å². The van der Waals surface area contributed by atoms with E-state index in [1.165, 1.54) is 22.2 Å². The molecule has 0 saturated heterocycles. The molecule has 0 amide bonds. The standard InChI is InChI=1S/C15H20N2O/c1-10(18)9-16-11-6-7-15-13(8-11)12-4-2-3-5-14(12)17-15/h2-5,10-11,16-18H,6-9H2,1H3. The fraction of sp³-hybridized carbons (Fsp3) is 0.467. The number of aromatic amines is 1. The number of para-hydroxylation sites is 1. The van der Waals surface area contributed by atoms with Gasteiger partial charge < -0.3 is 15.4 Å². The van der Waals surface area contributed by atoms with Crippen LogP contribution in [0.4, 0.5) is 0 Å². The fourth-order valence-corrected chi connectivity index (χ4v) is 2.88. The molecule has 3 nitrogen and oxygen atoms in total. The summed E-state index contributed by atoms with van der Waals surface area (Å²) in [5.41, 5.74) is 4.10. The van der Waals surface area contributed by atoms with Gasteiger partial charge >= 0.3 is 0 Å². The number of fused-ring (bicyclic) bond motifs is 3. The first-order chi connectivity index (χ1) is 8.74.